The van der Waals surface area contributed by atoms with Crippen LogP contribution in [-0.4, -0.2) is 49.3 Å². The topological polar surface area (TPSA) is 69.8 Å². The van der Waals surface area contributed by atoms with Crippen molar-refractivity contribution in [2.45, 2.75) is 0 Å². The number of guanidine groups is 1. The number of hydrogen-bond acceptors (Lipinski definition) is 5. The highest BCUT2D eigenvalue weighted by Crippen LogP contribution is 2.11. The fourth-order valence-electron chi connectivity index (χ4n) is 1.13. The summed E-state index contributed by atoms with van der Waals surface area (Å²) in [4.78, 5) is 28.7. The third kappa shape index (κ3) is 1.34. The Labute approximate surface area is 80.8 Å². The highest BCUT2D eigenvalue weighted by Gasteiger charge is 2.27. The van der Waals surface area contributed by atoms with E-state index in [2.05, 4.69) is 20.0 Å². The molecule has 0 fully saturated rings. The molecule has 6 nitrogen and oxygen atoms in total. The first-order valence-corrected chi connectivity index (χ1v) is 4.13. The number of carbonyl (C=O) groups is 1. The highest BCUT2D eigenvalue weighted by atomic mass is 16.1. The summed E-state index contributed by atoms with van der Waals surface area (Å²) in [5, 5.41) is 0. The van der Waals surface area contributed by atoms with Crippen molar-refractivity contribution < 1.29 is 4.79 Å². The first-order valence-electron chi connectivity index (χ1n) is 4.13. The summed E-state index contributed by atoms with van der Waals surface area (Å²) in [5.74, 6) is 0.246. The predicted molar refractivity (Wildman–Crippen MR) is 54.0 cm³/mol. The molecule has 2 aliphatic rings. The van der Waals surface area contributed by atoms with Gasteiger partial charge in [0.2, 0.25) is 5.96 Å². The molecule has 0 aliphatic carbocycles. The molecule has 2 heterocycles. The van der Waals surface area contributed by atoms with Crippen molar-refractivity contribution >= 4 is 30.3 Å². The van der Waals surface area contributed by atoms with Crippen LogP contribution in [0.2, 0.25) is 0 Å². The molecule has 1 amide bonds. The van der Waals surface area contributed by atoms with Gasteiger partial charge in [-0.3, -0.25) is 4.79 Å². The first-order chi connectivity index (χ1) is 6.68. The lowest BCUT2D eigenvalue weighted by atomic mass is 10.1. The van der Waals surface area contributed by atoms with Gasteiger partial charge in [0, 0.05) is 20.3 Å². The summed E-state index contributed by atoms with van der Waals surface area (Å²) >= 11 is 0. The summed E-state index contributed by atoms with van der Waals surface area (Å²) < 4.78 is 0. The molecular formula is C8H9N5O. The van der Waals surface area contributed by atoms with Gasteiger partial charge in [-0.05, 0) is 0 Å². The lowest BCUT2D eigenvalue weighted by molar-refractivity contribution is -0.118. The molecule has 0 aromatic heterocycles. The molecule has 72 valence electrons. The summed E-state index contributed by atoms with van der Waals surface area (Å²) in [6.45, 7) is 0. The van der Waals surface area contributed by atoms with Gasteiger partial charge in [0.1, 0.15) is 12.3 Å². The molecule has 14 heavy (non-hydrogen) atoms. The third-order valence-corrected chi connectivity index (χ3v) is 1.87. The smallest absolute Gasteiger partial charge is 0.263 e. The number of hydrogen-bond donors (Lipinski definition) is 0. The van der Waals surface area contributed by atoms with Gasteiger partial charge < -0.3 is 4.90 Å². The lowest BCUT2D eigenvalue weighted by Crippen LogP contribution is -2.33. The Morgan fingerprint density at radius 2 is 2.14 bits per heavy atom. The standard InChI is InChI=1S/C8H9N5O/c1-13(2)8-9-3-5-6(12-8)10-4-11-7(5)14/h3-5H,1-2H3. The van der Waals surface area contributed by atoms with Crippen LogP contribution in [0, 0.1) is 5.92 Å². The van der Waals surface area contributed by atoms with Crippen LogP contribution in [-0.2, 0) is 4.79 Å². The molecular weight excluding hydrogens is 182 g/mol. The third-order valence-electron chi connectivity index (χ3n) is 1.87. The fourth-order valence-corrected chi connectivity index (χ4v) is 1.13. The maximum absolute atomic E-state index is 11.3. The van der Waals surface area contributed by atoms with Gasteiger partial charge in [0.25, 0.3) is 5.91 Å². The van der Waals surface area contributed by atoms with Gasteiger partial charge in [0.15, 0.2) is 5.84 Å². The van der Waals surface area contributed by atoms with Crippen molar-refractivity contribution in [1.29, 1.82) is 0 Å². The van der Waals surface area contributed by atoms with E-state index in [9.17, 15) is 4.79 Å². The van der Waals surface area contributed by atoms with Crippen molar-refractivity contribution in [3.63, 3.8) is 0 Å². The molecule has 0 bridgehead atoms. The molecule has 2 rings (SSSR count). The summed E-state index contributed by atoms with van der Waals surface area (Å²) in [7, 11) is 3.66. The molecule has 1 atom stereocenters. The summed E-state index contributed by atoms with van der Waals surface area (Å²) in [5.41, 5.74) is 0. The number of rotatable bonds is 0. The van der Waals surface area contributed by atoms with E-state index in [0.29, 0.717) is 11.8 Å². The van der Waals surface area contributed by atoms with Crippen LogP contribution in [0.1, 0.15) is 0 Å². The number of nitrogens with zero attached hydrogens (tertiary/aromatic N) is 5. The second kappa shape index (κ2) is 3.13. The van der Waals surface area contributed by atoms with E-state index in [4.69, 9.17) is 0 Å². The van der Waals surface area contributed by atoms with Crippen molar-refractivity contribution in [3.05, 3.63) is 0 Å². The van der Waals surface area contributed by atoms with Crippen LogP contribution < -0.4 is 0 Å². The maximum atomic E-state index is 11.3. The lowest BCUT2D eigenvalue weighted by Gasteiger charge is -2.18. The second-order valence-electron chi connectivity index (χ2n) is 3.13. The summed E-state index contributed by atoms with van der Waals surface area (Å²) in [6.07, 6.45) is 2.75. The molecule has 0 radical (unpaired) electrons. The minimum Gasteiger partial charge on any atom is -0.347 e. The number of amidine groups is 1. The number of amides is 1. The van der Waals surface area contributed by atoms with Crippen LogP contribution in [0.25, 0.3) is 0 Å². The minimum absolute atomic E-state index is 0.264. The Balaban J connectivity index is 2.35. The molecule has 6 heteroatoms. The van der Waals surface area contributed by atoms with Gasteiger partial charge >= 0.3 is 0 Å². The summed E-state index contributed by atoms with van der Waals surface area (Å²) in [6, 6.07) is 0. The van der Waals surface area contributed by atoms with Crippen LogP contribution in [0.3, 0.4) is 0 Å². The molecule has 0 aromatic carbocycles. The van der Waals surface area contributed by atoms with E-state index in [1.54, 1.807) is 4.90 Å². The largest absolute Gasteiger partial charge is 0.347 e. The van der Waals surface area contributed by atoms with Gasteiger partial charge in [0.05, 0.1) is 0 Å². The van der Waals surface area contributed by atoms with Gasteiger partial charge in [-0.25, -0.2) is 15.0 Å². The van der Waals surface area contributed by atoms with Crippen LogP contribution in [0.4, 0.5) is 0 Å². The van der Waals surface area contributed by atoms with Crippen molar-refractivity contribution in [1.82, 2.24) is 4.90 Å². The molecule has 2 aliphatic heterocycles. The molecule has 0 N–H and O–H groups in total. The van der Waals surface area contributed by atoms with Crippen LogP contribution in [0.5, 0.6) is 0 Å². The van der Waals surface area contributed by atoms with E-state index in [-0.39, 0.29) is 5.91 Å². The van der Waals surface area contributed by atoms with Gasteiger partial charge in [-0.2, -0.15) is 4.99 Å². The van der Waals surface area contributed by atoms with Crippen molar-refractivity contribution in [3.8, 4) is 0 Å². The van der Waals surface area contributed by atoms with E-state index in [1.807, 2.05) is 14.1 Å². The quantitative estimate of drug-likeness (QED) is 0.521. The minimum atomic E-state index is -0.497. The van der Waals surface area contributed by atoms with Crippen molar-refractivity contribution in [2.75, 3.05) is 14.1 Å². The Morgan fingerprint density at radius 1 is 1.36 bits per heavy atom. The molecule has 1 unspecified atom stereocenters. The van der Waals surface area contributed by atoms with Crippen LogP contribution >= 0.6 is 0 Å². The molecule has 0 aromatic rings. The average molecular weight is 191 g/mol. The average Bonchev–Trinajstić information content (AvgIpc) is 2.17. The Hall–Kier alpha value is -1.85. The SMILES string of the molecule is CN(C)C1=NC2=NC=NC(=O)C2C=N1. The molecule has 0 spiro atoms. The zero-order valence-corrected chi connectivity index (χ0v) is 7.88. The number of carbonyl (C=O) groups excluding carboxylic acids is 1. The van der Waals surface area contributed by atoms with E-state index in [1.165, 1.54) is 12.6 Å². The molecule has 0 saturated heterocycles. The zero-order valence-electron chi connectivity index (χ0n) is 7.88. The number of aliphatic imine (C=N–C) groups is 4. The highest BCUT2D eigenvalue weighted by molar-refractivity contribution is 6.25. The van der Waals surface area contributed by atoms with E-state index in [0.717, 1.165) is 0 Å². The fraction of sp³-hybridized carbons (Fsp3) is 0.375. The Bertz CT molecular complexity index is 391. The Morgan fingerprint density at radius 3 is 2.86 bits per heavy atom. The van der Waals surface area contributed by atoms with Gasteiger partial charge in [-0.15, -0.1) is 0 Å². The van der Waals surface area contributed by atoms with E-state index < -0.39 is 5.92 Å². The predicted octanol–water partition coefficient (Wildman–Crippen LogP) is -0.428. The van der Waals surface area contributed by atoms with Crippen LogP contribution in [0.15, 0.2) is 20.0 Å². The first kappa shape index (κ1) is 8.74. The zero-order chi connectivity index (χ0) is 10.1. The second-order valence-corrected chi connectivity index (χ2v) is 3.13. The maximum Gasteiger partial charge on any atom is 0.263 e. The number of fused-ring (bicyclic) bond motifs is 1. The normalized spacial score (nSPS) is 24.1. The van der Waals surface area contributed by atoms with Crippen molar-refractivity contribution in [2.24, 2.45) is 25.9 Å². The van der Waals surface area contributed by atoms with Gasteiger partial charge in [-0.1, -0.05) is 0 Å². The molecule has 0 saturated carbocycles. The Kier molecular flexibility index (Phi) is 1.95. The van der Waals surface area contributed by atoms with E-state index >= 15 is 0 Å². The monoisotopic (exact) mass is 191 g/mol.